The molecule has 0 fully saturated rings. The zero-order valence-electron chi connectivity index (χ0n) is 9.10. The predicted octanol–water partition coefficient (Wildman–Crippen LogP) is 1.37. The predicted molar refractivity (Wildman–Crippen MR) is 70.3 cm³/mol. The molecule has 0 aliphatic heterocycles. The van der Waals surface area contributed by atoms with Crippen LogP contribution in [0.15, 0.2) is 17.0 Å². The van der Waals surface area contributed by atoms with Crippen LogP contribution in [0, 0.1) is 0 Å². The normalized spacial score (nSPS) is 13.3. The lowest BCUT2D eigenvalue weighted by atomic mass is 10.3. The molecule has 0 bridgehead atoms. The first-order chi connectivity index (χ1) is 8.69. The number of halogens is 3. The van der Waals surface area contributed by atoms with E-state index in [4.69, 9.17) is 45.0 Å². The first kappa shape index (κ1) is 16.5. The SMILES string of the molecule is O=C(O)C(CO)NS(=O)(=O)c1c(Cl)cc(Cl)cc1Cl. The highest BCUT2D eigenvalue weighted by Crippen LogP contribution is 2.32. The van der Waals surface area contributed by atoms with E-state index >= 15 is 0 Å². The minimum atomic E-state index is -4.31. The van der Waals surface area contributed by atoms with Gasteiger partial charge in [-0.15, -0.1) is 0 Å². The van der Waals surface area contributed by atoms with E-state index < -0.39 is 33.5 Å². The van der Waals surface area contributed by atoms with Gasteiger partial charge in [0.2, 0.25) is 10.0 Å². The van der Waals surface area contributed by atoms with Crippen LogP contribution in [0.2, 0.25) is 15.1 Å². The molecule has 0 heterocycles. The Bertz CT molecular complexity index is 581. The highest BCUT2D eigenvalue weighted by Gasteiger charge is 2.28. The first-order valence-corrected chi connectivity index (χ1v) is 7.31. The molecule has 1 rings (SSSR count). The number of aliphatic hydroxyl groups is 1. The lowest BCUT2D eigenvalue weighted by Gasteiger charge is -2.14. The maximum absolute atomic E-state index is 12.0. The second-order valence-electron chi connectivity index (χ2n) is 3.39. The van der Waals surface area contributed by atoms with Gasteiger partial charge >= 0.3 is 5.97 Å². The number of carbonyl (C=O) groups is 1. The molecule has 1 aromatic rings. The monoisotopic (exact) mass is 347 g/mol. The number of benzene rings is 1. The van der Waals surface area contributed by atoms with Crippen LogP contribution >= 0.6 is 34.8 Å². The van der Waals surface area contributed by atoms with E-state index in [9.17, 15) is 13.2 Å². The molecule has 1 aromatic carbocycles. The molecular formula is C9H8Cl3NO5S. The molecule has 1 atom stereocenters. The van der Waals surface area contributed by atoms with Gasteiger partial charge < -0.3 is 10.2 Å². The molecule has 1 unspecified atom stereocenters. The van der Waals surface area contributed by atoms with E-state index in [-0.39, 0.29) is 15.1 Å². The minimum Gasteiger partial charge on any atom is -0.480 e. The summed E-state index contributed by atoms with van der Waals surface area (Å²) in [6, 6.07) is 0.601. The second kappa shape index (κ2) is 6.25. The van der Waals surface area contributed by atoms with E-state index in [1.165, 1.54) is 0 Å². The topological polar surface area (TPSA) is 104 Å². The summed E-state index contributed by atoms with van der Waals surface area (Å²) >= 11 is 17.1. The lowest BCUT2D eigenvalue weighted by Crippen LogP contribution is -2.43. The zero-order chi connectivity index (χ0) is 14.8. The smallest absolute Gasteiger partial charge is 0.324 e. The van der Waals surface area contributed by atoms with Crippen molar-refractivity contribution < 1.29 is 23.4 Å². The number of nitrogens with one attached hydrogen (secondary N) is 1. The van der Waals surface area contributed by atoms with Crippen LogP contribution in [0.5, 0.6) is 0 Å². The van der Waals surface area contributed by atoms with E-state index in [0.717, 1.165) is 12.1 Å². The van der Waals surface area contributed by atoms with Crippen molar-refractivity contribution >= 4 is 50.8 Å². The summed E-state index contributed by atoms with van der Waals surface area (Å²) in [6.07, 6.45) is 0. The summed E-state index contributed by atoms with van der Waals surface area (Å²) in [5.74, 6) is -1.53. The van der Waals surface area contributed by atoms with E-state index in [1.54, 1.807) is 4.72 Å². The van der Waals surface area contributed by atoms with Crippen LogP contribution in [0.4, 0.5) is 0 Å². The Kier molecular flexibility index (Phi) is 5.43. The Hall–Kier alpha value is -0.570. The Morgan fingerprint density at radius 1 is 1.26 bits per heavy atom. The van der Waals surface area contributed by atoms with Gasteiger partial charge in [0.25, 0.3) is 0 Å². The molecule has 10 heteroatoms. The molecule has 0 amide bonds. The Morgan fingerprint density at radius 2 is 1.74 bits per heavy atom. The van der Waals surface area contributed by atoms with Crippen molar-refractivity contribution in [2.45, 2.75) is 10.9 Å². The summed E-state index contributed by atoms with van der Waals surface area (Å²) < 4.78 is 25.7. The van der Waals surface area contributed by atoms with Gasteiger partial charge in [-0.25, -0.2) is 8.42 Å². The Balaban J connectivity index is 3.25. The molecule has 0 aromatic heterocycles. The van der Waals surface area contributed by atoms with Crippen LogP contribution in [-0.4, -0.2) is 37.2 Å². The average molecular weight is 349 g/mol. The van der Waals surface area contributed by atoms with E-state index in [2.05, 4.69) is 0 Å². The molecule has 0 aliphatic rings. The number of hydrogen-bond donors (Lipinski definition) is 3. The maximum Gasteiger partial charge on any atom is 0.324 e. The van der Waals surface area contributed by atoms with Crippen molar-refractivity contribution in [2.75, 3.05) is 6.61 Å². The summed E-state index contributed by atoms with van der Waals surface area (Å²) in [6.45, 7) is -0.919. The van der Waals surface area contributed by atoms with Gasteiger partial charge in [0.1, 0.15) is 10.9 Å². The van der Waals surface area contributed by atoms with Gasteiger partial charge in [0, 0.05) is 5.02 Å². The minimum absolute atomic E-state index is 0.130. The van der Waals surface area contributed by atoms with Gasteiger partial charge in [-0.1, -0.05) is 34.8 Å². The van der Waals surface area contributed by atoms with Crippen molar-refractivity contribution in [1.82, 2.24) is 4.72 Å². The van der Waals surface area contributed by atoms with Gasteiger partial charge in [0.15, 0.2) is 0 Å². The number of carboxylic acids is 1. The number of rotatable bonds is 5. The van der Waals surface area contributed by atoms with Crippen molar-refractivity contribution in [3.05, 3.63) is 27.2 Å². The van der Waals surface area contributed by atoms with Crippen molar-refractivity contribution in [1.29, 1.82) is 0 Å². The van der Waals surface area contributed by atoms with Crippen LogP contribution in [0.1, 0.15) is 0 Å². The fourth-order valence-electron chi connectivity index (χ4n) is 1.20. The molecule has 0 spiro atoms. The molecule has 19 heavy (non-hydrogen) atoms. The van der Waals surface area contributed by atoms with Crippen LogP contribution in [0.3, 0.4) is 0 Å². The molecule has 0 saturated carbocycles. The fraction of sp³-hybridized carbons (Fsp3) is 0.222. The van der Waals surface area contributed by atoms with Crippen molar-refractivity contribution in [3.63, 3.8) is 0 Å². The van der Waals surface area contributed by atoms with Gasteiger partial charge in [-0.3, -0.25) is 4.79 Å². The van der Waals surface area contributed by atoms with Crippen LogP contribution in [0.25, 0.3) is 0 Å². The summed E-state index contributed by atoms with van der Waals surface area (Å²) in [4.78, 5) is 10.2. The van der Waals surface area contributed by atoms with E-state index in [1.807, 2.05) is 0 Å². The Morgan fingerprint density at radius 3 is 2.11 bits per heavy atom. The molecule has 0 saturated heterocycles. The third-order valence-corrected chi connectivity index (χ3v) is 4.62. The van der Waals surface area contributed by atoms with Crippen molar-refractivity contribution in [3.8, 4) is 0 Å². The second-order valence-corrected chi connectivity index (χ2v) is 6.29. The number of hydrogen-bond acceptors (Lipinski definition) is 4. The standard InChI is InChI=1S/C9H8Cl3NO5S/c10-4-1-5(11)8(6(12)2-4)19(17,18)13-7(3-14)9(15)16/h1-2,7,13-14H,3H2,(H,15,16). The highest BCUT2D eigenvalue weighted by molar-refractivity contribution is 7.89. The first-order valence-electron chi connectivity index (χ1n) is 4.69. The third-order valence-electron chi connectivity index (χ3n) is 2.01. The van der Waals surface area contributed by atoms with Gasteiger partial charge in [-0.2, -0.15) is 4.72 Å². The van der Waals surface area contributed by atoms with Crippen molar-refractivity contribution in [2.24, 2.45) is 0 Å². The number of aliphatic hydroxyl groups excluding tert-OH is 1. The third kappa shape index (κ3) is 3.95. The molecule has 6 nitrogen and oxygen atoms in total. The number of aliphatic carboxylic acids is 1. The molecule has 0 aliphatic carbocycles. The Labute approximate surface area is 123 Å². The molecule has 3 N–H and O–H groups in total. The number of carboxylic acid groups (broad SMARTS) is 1. The zero-order valence-corrected chi connectivity index (χ0v) is 12.2. The largest absolute Gasteiger partial charge is 0.480 e. The van der Waals surface area contributed by atoms with E-state index in [0.29, 0.717) is 0 Å². The summed E-state index contributed by atoms with van der Waals surface area (Å²) in [5.41, 5.74) is 0. The molecular weight excluding hydrogens is 341 g/mol. The fourth-order valence-corrected chi connectivity index (χ4v) is 3.92. The highest BCUT2D eigenvalue weighted by atomic mass is 35.5. The van der Waals surface area contributed by atoms with Gasteiger partial charge in [-0.05, 0) is 12.1 Å². The van der Waals surface area contributed by atoms with Crippen LogP contribution in [-0.2, 0) is 14.8 Å². The van der Waals surface area contributed by atoms with Crippen LogP contribution < -0.4 is 4.72 Å². The summed E-state index contributed by atoms with van der Waals surface area (Å²) in [5, 5.41) is 17.1. The quantitative estimate of drug-likeness (QED) is 0.745. The molecule has 106 valence electrons. The number of sulfonamides is 1. The van der Waals surface area contributed by atoms with Gasteiger partial charge in [0.05, 0.1) is 16.7 Å². The average Bonchev–Trinajstić information content (AvgIpc) is 2.23. The maximum atomic E-state index is 12.0. The molecule has 0 radical (unpaired) electrons. The lowest BCUT2D eigenvalue weighted by molar-refractivity contribution is -0.139. The summed E-state index contributed by atoms with van der Waals surface area (Å²) in [7, 11) is -4.31.